The van der Waals surface area contributed by atoms with E-state index in [4.69, 9.17) is 4.74 Å². The number of hydrogen-bond donors (Lipinski definition) is 1. The maximum atomic E-state index is 12.8. The monoisotopic (exact) mass is 368 g/mol. The Morgan fingerprint density at radius 1 is 1.16 bits per heavy atom. The third-order valence-corrected chi connectivity index (χ3v) is 6.62. The predicted molar refractivity (Wildman–Crippen MR) is 97.4 cm³/mol. The summed E-state index contributed by atoms with van der Waals surface area (Å²) in [6.07, 6.45) is 2.79. The average molecular weight is 368 g/mol. The summed E-state index contributed by atoms with van der Waals surface area (Å²) < 4.78 is 32.4. The Hall–Kier alpha value is -1.60. The van der Waals surface area contributed by atoms with Crippen LogP contribution in [-0.2, 0) is 10.0 Å². The van der Waals surface area contributed by atoms with Crippen LogP contribution < -0.4 is 10.1 Å². The molecule has 1 amide bonds. The maximum absolute atomic E-state index is 12.8. The molecule has 1 saturated heterocycles. The molecule has 0 radical (unpaired) electrons. The van der Waals surface area contributed by atoms with Crippen LogP contribution in [0.5, 0.6) is 5.75 Å². The van der Waals surface area contributed by atoms with E-state index >= 15 is 0 Å². The van der Waals surface area contributed by atoms with Crippen LogP contribution in [0.15, 0.2) is 23.1 Å². The zero-order valence-corrected chi connectivity index (χ0v) is 16.2. The first kappa shape index (κ1) is 19.7. The summed E-state index contributed by atoms with van der Waals surface area (Å²) in [5.74, 6) is 0.315. The molecule has 0 spiro atoms. The summed E-state index contributed by atoms with van der Waals surface area (Å²) in [6, 6.07) is 4.45. The second kappa shape index (κ2) is 8.19. The summed E-state index contributed by atoms with van der Waals surface area (Å²) in [5.41, 5.74) is 0.244. The fourth-order valence-electron chi connectivity index (χ4n) is 2.73. The largest absolute Gasteiger partial charge is 0.496 e. The van der Waals surface area contributed by atoms with E-state index in [1.54, 1.807) is 6.07 Å². The van der Waals surface area contributed by atoms with Crippen LogP contribution in [0.1, 0.15) is 50.4 Å². The molecule has 0 aliphatic carbocycles. The van der Waals surface area contributed by atoms with Gasteiger partial charge < -0.3 is 10.1 Å². The van der Waals surface area contributed by atoms with Crippen LogP contribution in [0.2, 0.25) is 0 Å². The zero-order valence-electron chi connectivity index (χ0n) is 15.4. The second-order valence-corrected chi connectivity index (χ2v) is 8.77. The number of rotatable bonds is 6. The number of methoxy groups -OCH3 is 1. The Bertz CT molecular complexity index is 710. The van der Waals surface area contributed by atoms with Crippen LogP contribution in [-0.4, -0.2) is 44.9 Å². The van der Waals surface area contributed by atoms with Crippen LogP contribution in [0.4, 0.5) is 0 Å². The van der Waals surface area contributed by atoms with E-state index in [1.807, 2.05) is 20.8 Å². The number of hydrogen-bond acceptors (Lipinski definition) is 4. The zero-order chi connectivity index (χ0) is 18.6. The van der Waals surface area contributed by atoms with Gasteiger partial charge in [-0.3, -0.25) is 4.79 Å². The molecule has 1 aromatic rings. The number of sulfonamides is 1. The van der Waals surface area contributed by atoms with Crippen LogP contribution in [0.3, 0.4) is 0 Å². The molecule has 1 aliphatic heterocycles. The van der Waals surface area contributed by atoms with E-state index in [1.165, 1.54) is 23.5 Å². The number of benzene rings is 1. The number of nitrogens with one attached hydrogen (secondary N) is 1. The first-order valence-corrected chi connectivity index (χ1v) is 10.2. The van der Waals surface area contributed by atoms with Crippen molar-refractivity contribution in [1.82, 2.24) is 9.62 Å². The second-order valence-electron chi connectivity index (χ2n) is 6.83. The Morgan fingerprint density at radius 3 is 2.36 bits per heavy atom. The van der Waals surface area contributed by atoms with Crippen molar-refractivity contribution >= 4 is 15.9 Å². The van der Waals surface area contributed by atoms with Gasteiger partial charge in [0.25, 0.3) is 5.91 Å². The number of carbonyl (C=O) groups excluding carboxylic acids is 1. The topological polar surface area (TPSA) is 75.7 Å². The lowest BCUT2D eigenvalue weighted by Gasteiger charge is -2.26. The molecule has 25 heavy (non-hydrogen) atoms. The lowest BCUT2D eigenvalue weighted by molar-refractivity contribution is 0.0927. The van der Waals surface area contributed by atoms with Gasteiger partial charge in [-0.05, 0) is 43.9 Å². The molecule has 0 aromatic heterocycles. The third kappa shape index (κ3) is 4.52. The van der Waals surface area contributed by atoms with E-state index in [0.717, 1.165) is 19.3 Å². The minimum atomic E-state index is -3.59. The summed E-state index contributed by atoms with van der Waals surface area (Å²) >= 11 is 0. The van der Waals surface area contributed by atoms with Crippen LogP contribution in [0, 0.1) is 5.92 Å². The van der Waals surface area contributed by atoms with Gasteiger partial charge in [0.1, 0.15) is 5.75 Å². The molecular formula is C18H28N2O4S. The molecule has 6 nitrogen and oxygen atoms in total. The summed E-state index contributed by atoms with van der Waals surface area (Å²) in [7, 11) is -2.12. The van der Waals surface area contributed by atoms with Crippen molar-refractivity contribution in [3.8, 4) is 5.75 Å². The fraction of sp³-hybridized carbons (Fsp3) is 0.611. The van der Waals surface area contributed by atoms with Gasteiger partial charge in [0.15, 0.2) is 0 Å². The number of amides is 1. The molecule has 1 fully saturated rings. The number of carbonyl (C=O) groups is 1. The lowest BCUT2D eigenvalue weighted by atomic mass is 10.1. The average Bonchev–Trinajstić information content (AvgIpc) is 2.61. The first-order valence-electron chi connectivity index (χ1n) is 8.76. The highest BCUT2D eigenvalue weighted by molar-refractivity contribution is 7.89. The van der Waals surface area contributed by atoms with Crippen molar-refractivity contribution in [2.24, 2.45) is 5.92 Å². The predicted octanol–water partition coefficient (Wildman–Crippen LogP) is 2.64. The SMILES string of the molecule is COc1ccc(S(=O)(=O)N2CCCCC2)cc1C(=O)N[C@H](C)C(C)C. The van der Waals surface area contributed by atoms with Crippen molar-refractivity contribution in [3.63, 3.8) is 0 Å². The lowest BCUT2D eigenvalue weighted by Crippen LogP contribution is -2.37. The summed E-state index contributed by atoms with van der Waals surface area (Å²) in [6.45, 7) is 7.00. The highest BCUT2D eigenvalue weighted by Crippen LogP contribution is 2.26. The molecule has 1 heterocycles. The molecular weight excluding hydrogens is 340 g/mol. The summed E-state index contributed by atoms with van der Waals surface area (Å²) in [5, 5.41) is 2.90. The Balaban J connectivity index is 2.34. The van der Waals surface area contributed by atoms with E-state index in [0.29, 0.717) is 18.8 Å². The molecule has 1 N–H and O–H groups in total. The van der Waals surface area contributed by atoms with Gasteiger partial charge in [0, 0.05) is 19.1 Å². The van der Waals surface area contributed by atoms with Gasteiger partial charge in [-0.1, -0.05) is 20.3 Å². The molecule has 1 aromatic carbocycles. The Morgan fingerprint density at radius 2 is 1.80 bits per heavy atom. The molecule has 2 rings (SSSR count). The van der Waals surface area contributed by atoms with Crippen LogP contribution in [0.25, 0.3) is 0 Å². The van der Waals surface area contributed by atoms with Crippen molar-refractivity contribution < 1.29 is 17.9 Å². The van der Waals surface area contributed by atoms with E-state index in [-0.39, 0.29) is 28.3 Å². The quantitative estimate of drug-likeness (QED) is 0.837. The highest BCUT2D eigenvalue weighted by atomic mass is 32.2. The molecule has 0 saturated carbocycles. The molecule has 1 atom stereocenters. The fourth-order valence-corrected chi connectivity index (χ4v) is 4.27. The highest BCUT2D eigenvalue weighted by Gasteiger charge is 2.28. The smallest absolute Gasteiger partial charge is 0.255 e. The van der Waals surface area contributed by atoms with Gasteiger partial charge in [-0.25, -0.2) is 8.42 Å². The normalized spacial score (nSPS) is 17.3. The van der Waals surface area contributed by atoms with Crippen molar-refractivity contribution in [1.29, 1.82) is 0 Å². The Labute approximate surface area is 150 Å². The molecule has 140 valence electrons. The molecule has 0 bridgehead atoms. The number of ether oxygens (including phenoxy) is 1. The molecule has 1 aliphatic rings. The van der Waals surface area contributed by atoms with Crippen LogP contribution >= 0.6 is 0 Å². The number of piperidine rings is 1. The van der Waals surface area contributed by atoms with E-state index in [2.05, 4.69) is 5.32 Å². The molecule has 7 heteroatoms. The maximum Gasteiger partial charge on any atom is 0.255 e. The van der Waals surface area contributed by atoms with Gasteiger partial charge in [-0.2, -0.15) is 4.31 Å². The standard InChI is InChI=1S/C18H28N2O4S/c1-13(2)14(3)19-18(21)16-12-15(8-9-17(16)24-4)25(22,23)20-10-6-5-7-11-20/h8-9,12-14H,5-7,10-11H2,1-4H3,(H,19,21)/t14-/m1/s1. The van der Waals surface area contributed by atoms with Gasteiger partial charge >= 0.3 is 0 Å². The van der Waals surface area contributed by atoms with E-state index in [9.17, 15) is 13.2 Å². The van der Waals surface area contributed by atoms with Crippen molar-refractivity contribution in [2.75, 3.05) is 20.2 Å². The van der Waals surface area contributed by atoms with Gasteiger partial charge in [0.2, 0.25) is 10.0 Å². The van der Waals surface area contributed by atoms with E-state index < -0.39 is 10.0 Å². The summed E-state index contributed by atoms with van der Waals surface area (Å²) in [4.78, 5) is 12.7. The Kier molecular flexibility index (Phi) is 6.46. The van der Waals surface area contributed by atoms with Gasteiger partial charge in [-0.15, -0.1) is 0 Å². The molecule has 0 unspecified atom stereocenters. The first-order chi connectivity index (χ1) is 11.8. The third-order valence-electron chi connectivity index (χ3n) is 4.73. The minimum Gasteiger partial charge on any atom is -0.496 e. The van der Waals surface area contributed by atoms with Crippen molar-refractivity contribution in [2.45, 2.75) is 51.0 Å². The van der Waals surface area contributed by atoms with Crippen molar-refractivity contribution in [3.05, 3.63) is 23.8 Å². The van der Waals surface area contributed by atoms with Gasteiger partial charge in [0.05, 0.1) is 17.6 Å². The number of nitrogens with zero attached hydrogens (tertiary/aromatic N) is 1. The minimum absolute atomic E-state index is 0.0282.